The van der Waals surface area contributed by atoms with Crippen LogP contribution in [0.1, 0.15) is 37.8 Å². The van der Waals surface area contributed by atoms with Gasteiger partial charge in [-0.2, -0.15) is 0 Å². The van der Waals surface area contributed by atoms with Gasteiger partial charge in [-0.15, -0.1) is 11.8 Å². The van der Waals surface area contributed by atoms with Crippen molar-refractivity contribution < 1.29 is 22.4 Å². The highest BCUT2D eigenvalue weighted by Crippen LogP contribution is 2.27. The summed E-state index contributed by atoms with van der Waals surface area (Å²) in [6.07, 6.45) is 2.94. The monoisotopic (exact) mass is 585 g/mol. The summed E-state index contributed by atoms with van der Waals surface area (Å²) in [4.78, 5) is 29.4. The number of thioether (sulfide) groups is 1. The second-order valence-corrected chi connectivity index (χ2v) is 12.1. The van der Waals surface area contributed by atoms with Crippen LogP contribution in [0.25, 0.3) is 0 Å². The van der Waals surface area contributed by atoms with Gasteiger partial charge in [0.15, 0.2) is 0 Å². The Morgan fingerprint density at radius 3 is 2.12 bits per heavy atom. The minimum absolute atomic E-state index is 0.0152. The van der Waals surface area contributed by atoms with Crippen LogP contribution in [0.15, 0.2) is 82.6 Å². The molecular weight excluding hydrogens is 549 g/mol. The minimum atomic E-state index is -4.14. The van der Waals surface area contributed by atoms with E-state index < -0.39 is 34.3 Å². The van der Waals surface area contributed by atoms with Crippen molar-refractivity contribution in [1.82, 2.24) is 10.2 Å². The number of hydrogen-bond acceptors (Lipinski definition) is 5. The normalized spacial score (nSPS) is 12.0. The molecular formula is C30H36FN3O4S2. The number of hydrogen-bond donors (Lipinski definition) is 1. The van der Waals surface area contributed by atoms with Crippen LogP contribution >= 0.6 is 11.8 Å². The third-order valence-electron chi connectivity index (χ3n) is 6.45. The molecule has 7 nitrogen and oxygen atoms in total. The summed E-state index contributed by atoms with van der Waals surface area (Å²) in [5.74, 6) is -1.29. The Morgan fingerprint density at radius 2 is 1.57 bits per heavy atom. The Kier molecular flexibility index (Phi) is 11.2. The number of nitrogens with zero attached hydrogens (tertiary/aromatic N) is 2. The molecule has 1 N–H and O–H groups in total. The summed E-state index contributed by atoms with van der Waals surface area (Å²) in [6, 6.07) is 18.2. The summed E-state index contributed by atoms with van der Waals surface area (Å²) in [7, 11) is -4.14. The first-order valence-electron chi connectivity index (χ1n) is 13.2. The van der Waals surface area contributed by atoms with Crippen LogP contribution in [0.3, 0.4) is 0 Å². The van der Waals surface area contributed by atoms with Crippen LogP contribution in [0.5, 0.6) is 0 Å². The van der Waals surface area contributed by atoms with E-state index in [0.29, 0.717) is 24.2 Å². The molecule has 2 amide bonds. The van der Waals surface area contributed by atoms with Crippen molar-refractivity contribution in [3.05, 3.63) is 89.7 Å². The number of rotatable bonds is 13. The molecule has 3 aromatic carbocycles. The van der Waals surface area contributed by atoms with E-state index in [4.69, 9.17) is 0 Å². The average Bonchev–Trinajstić information content (AvgIpc) is 2.96. The molecule has 0 fully saturated rings. The predicted molar refractivity (Wildman–Crippen MR) is 158 cm³/mol. The first-order chi connectivity index (χ1) is 19.1. The average molecular weight is 586 g/mol. The fraction of sp³-hybridized carbons (Fsp3) is 0.333. The van der Waals surface area contributed by atoms with Crippen LogP contribution in [-0.4, -0.2) is 50.5 Å². The van der Waals surface area contributed by atoms with Crippen LogP contribution in [0, 0.1) is 12.7 Å². The van der Waals surface area contributed by atoms with E-state index in [0.717, 1.165) is 21.2 Å². The van der Waals surface area contributed by atoms with Gasteiger partial charge in [-0.25, -0.2) is 12.8 Å². The molecule has 0 aromatic heterocycles. The molecule has 0 unspecified atom stereocenters. The van der Waals surface area contributed by atoms with Gasteiger partial charge in [-0.3, -0.25) is 13.9 Å². The van der Waals surface area contributed by atoms with Crippen LogP contribution in [0.2, 0.25) is 0 Å². The first kappa shape index (κ1) is 31.2. The molecule has 0 spiro atoms. The summed E-state index contributed by atoms with van der Waals surface area (Å²) in [5.41, 5.74) is 1.89. The van der Waals surface area contributed by atoms with Crippen molar-refractivity contribution in [2.24, 2.45) is 0 Å². The summed E-state index contributed by atoms with van der Waals surface area (Å²) >= 11 is 1.49. The largest absolute Gasteiger partial charge is 0.354 e. The maximum atomic E-state index is 14.0. The zero-order valence-corrected chi connectivity index (χ0v) is 24.9. The van der Waals surface area contributed by atoms with Crippen molar-refractivity contribution in [2.75, 3.05) is 23.7 Å². The molecule has 214 valence electrons. The maximum Gasteiger partial charge on any atom is 0.264 e. The van der Waals surface area contributed by atoms with Gasteiger partial charge in [0.25, 0.3) is 10.0 Å². The number of halogens is 1. The number of sulfonamides is 1. The van der Waals surface area contributed by atoms with E-state index >= 15 is 0 Å². The molecule has 0 aliphatic heterocycles. The van der Waals surface area contributed by atoms with Crippen molar-refractivity contribution in [3.63, 3.8) is 0 Å². The van der Waals surface area contributed by atoms with E-state index in [1.54, 1.807) is 55.5 Å². The van der Waals surface area contributed by atoms with Crippen LogP contribution in [0.4, 0.5) is 10.1 Å². The second-order valence-electron chi connectivity index (χ2n) is 9.39. The molecule has 3 aromatic rings. The number of nitrogens with one attached hydrogen (secondary N) is 1. The SMILES string of the molecule is CCCNC(=O)[C@H](CC)N(Cc1ccc(F)cc1)C(=O)CN(c1ccc(C)cc1)S(=O)(=O)c1ccc(SC)cc1. The molecule has 10 heteroatoms. The highest BCUT2D eigenvalue weighted by atomic mass is 32.2. The molecule has 0 aliphatic carbocycles. The Bertz CT molecular complexity index is 1380. The van der Waals surface area contributed by atoms with Crippen molar-refractivity contribution in [2.45, 2.75) is 56.0 Å². The topological polar surface area (TPSA) is 86.8 Å². The minimum Gasteiger partial charge on any atom is -0.354 e. The highest BCUT2D eigenvalue weighted by molar-refractivity contribution is 7.98. The number of anilines is 1. The Morgan fingerprint density at radius 1 is 0.950 bits per heavy atom. The fourth-order valence-electron chi connectivity index (χ4n) is 4.19. The van der Waals surface area contributed by atoms with E-state index in [-0.39, 0.29) is 17.3 Å². The third kappa shape index (κ3) is 7.85. The first-order valence-corrected chi connectivity index (χ1v) is 15.8. The third-order valence-corrected chi connectivity index (χ3v) is 8.98. The molecule has 3 rings (SSSR count). The lowest BCUT2D eigenvalue weighted by atomic mass is 10.1. The van der Waals surface area contributed by atoms with Gasteiger partial charge in [-0.05, 0) is 80.1 Å². The summed E-state index contributed by atoms with van der Waals surface area (Å²) in [6.45, 7) is 5.56. The van der Waals surface area contributed by atoms with E-state index in [1.807, 2.05) is 20.1 Å². The van der Waals surface area contributed by atoms with Gasteiger partial charge < -0.3 is 10.2 Å². The molecule has 0 saturated heterocycles. The standard InChI is InChI=1S/C30H36FN3O4S2/c1-5-19-32-30(36)28(6-2)33(20-23-9-11-24(31)12-10-23)29(35)21-34(25-13-7-22(3)8-14-25)40(37,38)27-17-15-26(39-4)16-18-27/h7-18,28H,5-6,19-21H2,1-4H3,(H,32,36)/t28-/m0/s1. The van der Waals surface area contributed by atoms with Gasteiger partial charge in [0, 0.05) is 18.0 Å². The number of benzene rings is 3. The van der Waals surface area contributed by atoms with Gasteiger partial charge in [-0.1, -0.05) is 43.7 Å². The lowest BCUT2D eigenvalue weighted by molar-refractivity contribution is -0.140. The van der Waals surface area contributed by atoms with Gasteiger partial charge in [0.1, 0.15) is 18.4 Å². The molecule has 40 heavy (non-hydrogen) atoms. The molecule has 0 heterocycles. The van der Waals surface area contributed by atoms with Gasteiger partial charge in [0.2, 0.25) is 11.8 Å². The Labute approximate surface area is 240 Å². The number of amides is 2. The quantitative estimate of drug-likeness (QED) is 0.272. The van der Waals surface area contributed by atoms with E-state index in [2.05, 4.69) is 5.32 Å². The fourth-order valence-corrected chi connectivity index (χ4v) is 6.01. The van der Waals surface area contributed by atoms with Crippen molar-refractivity contribution in [1.29, 1.82) is 0 Å². The molecule has 0 saturated carbocycles. The van der Waals surface area contributed by atoms with Gasteiger partial charge >= 0.3 is 0 Å². The lowest BCUT2D eigenvalue weighted by Gasteiger charge is -2.33. The van der Waals surface area contributed by atoms with E-state index in [1.165, 1.54) is 40.9 Å². The lowest BCUT2D eigenvalue weighted by Crippen LogP contribution is -2.52. The van der Waals surface area contributed by atoms with E-state index in [9.17, 15) is 22.4 Å². The van der Waals surface area contributed by atoms with Crippen LogP contribution < -0.4 is 9.62 Å². The number of carbonyl (C=O) groups is 2. The maximum absolute atomic E-state index is 14.0. The number of carbonyl (C=O) groups excluding carboxylic acids is 2. The summed E-state index contributed by atoms with van der Waals surface area (Å²) in [5, 5.41) is 2.85. The van der Waals surface area contributed by atoms with Crippen molar-refractivity contribution in [3.8, 4) is 0 Å². The van der Waals surface area contributed by atoms with Gasteiger partial charge in [0.05, 0.1) is 10.6 Å². The molecule has 1 atom stereocenters. The van der Waals surface area contributed by atoms with Crippen LogP contribution in [-0.2, 0) is 26.2 Å². The molecule has 0 radical (unpaired) electrons. The van der Waals surface area contributed by atoms with Crippen molar-refractivity contribution >= 4 is 39.3 Å². The Hall–Kier alpha value is -3.37. The smallest absolute Gasteiger partial charge is 0.264 e. The zero-order valence-electron chi connectivity index (χ0n) is 23.3. The molecule has 0 aliphatic rings. The second kappa shape index (κ2) is 14.3. The predicted octanol–water partition coefficient (Wildman–Crippen LogP) is 5.38. The number of aryl methyl sites for hydroxylation is 1. The zero-order chi connectivity index (χ0) is 29.3. The molecule has 0 bridgehead atoms. The summed E-state index contributed by atoms with van der Waals surface area (Å²) < 4.78 is 42.5. The Balaban J connectivity index is 2.04. The highest BCUT2D eigenvalue weighted by Gasteiger charge is 2.33.